The van der Waals surface area contributed by atoms with Crippen LogP contribution in [0.1, 0.15) is 12.5 Å². The van der Waals surface area contributed by atoms with E-state index in [9.17, 15) is 29.0 Å². The van der Waals surface area contributed by atoms with Crippen LogP contribution in [0, 0.1) is 0 Å². The molecule has 4 aliphatic rings. The maximum absolute atomic E-state index is 14.9. The molecule has 4 aromatic rings. The fourth-order valence-corrected chi connectivity index (χ4v) is 9.09. The highest BCUT2D eigenvalue weighted by Crippen LogP contribution is 2.58. The molecule has 0 aromatic carbocycles. The topological polar surface area (TPSA) is 322 Å². The van der Waals surface area contributed by atoms with E-state index in [0.717, 1.165) is 0 Å². The van der Waals surface area contributed by atoms with Crippen molar-refractivity contribution in [3.63, 3.8) is 0 Å². The lowest BCUT2D eigenvalue weighted by molar-refractivity contribution is -0.0676. The van der Waals surface area contributed by atoms with Crippen molar-refractivity contribution in [3.05, 3.63) is 29.3 Å². The Morgan fingerprint density at radius 3 is 2.32 bits per heavy atom. The molecule has 0 spiro atoms. The predicted octanol–water partition coefficient (Wildman–Crippen LogP) is -2.00. The van der Waals surface area contributed by atoms with Gasteiger partial charge in [-0.15, -0.1) is 0 Å². The Hall–Kier alpha value is -3.48. The van der Waals surface area contributed by atoms with Gasteiger partial charge in [0.05, 0.1) is 39.1 Å². The molecule has 0 radical (unpaired) electrons. The highest BCUT2D eigenvalue weighted by molar-refractivity contribution is 7.51. The zero-order valence-electron chi connectivity index (χ0n) is 25.6. The van der Waals surface area contributed by atoms with Crippen LogP contribution in [0.2, 0.25) is 0 Å². The van der Waals surface area contributed by atoms with Gasteiger partial charge in [0.2, 0.25) is 5.95 Å². The molecular formula is C24H31N11O13P2. The first kappa shape index (κ1) is 33.7. The zero-order chi connectivity index (χ0) is 34.9. The van der Waals surface area contributed by atoms with Gasteiger partial charge < -0.3 is 40.8 Å². The third kappa shape index (κ3) is 5.81. The van der Waals surface area contributed by atoms with E-state index in [4.69, 9.17) is 43.8 Å². The van der Waals surface area contributed by atoms with Gasteiger partial charge in [0, 0.05) is 13.1 Å². The molecule has 0 saturated carbocycles. The fourth-order valence-electron chi connectivity index (χ4n) is 6.24. The Morgan fingerprint density at radius 1 is 0.840 bits per heavy atom. The summed E-state index contributed by atoms with van der Waals surface area (Å²) in [6.45, 7) is -0.879. The van der Waals surface area contributed by atoms with E-state index in [0.29, 0.717) is 0 Å². The number of aliphatic hydroxyl groups excluding tert-OH is 2. The van der Waals surface area contributed by atoms with E-state index >= 15 is 0 Å². The number of imidazole rings is 2. The van der Waals surface area contributed by atoms with Crippen LogP contribution in [0.3, 0.4) is 0 Å². The summed E-state index contributed by atoms with van der Waals surface area (Å²) in [5, 5.41) is 22.9. The molecule has 8 rings (SSSR count). The summed E-state index contributed by atoms with van der Waals surface area (Å²) in [4.78, 5) is 46.1. The lowest BCUT2D eigenvalue weighted by atomic mass is 10.1. The van der Waals surface area contributed by atoms with Gasteiger partial charge >= 0.3 is 15.6 Å². The Labute approximate surface area is 279 Å². The van der Waals surface area contributed by atoms with Crippen LogP contribution in [0.15, 0.2) is 23.8 Å². The maximum Gasteiger partial charge on any atom is 0.472 e. The number of nitrogen functional groups attached to an aromatic ring is 2. The van der Waals surface area contributed by atoms with Crippen molar-refractivity contribution in [3.8, 4) is 0 Å². The van der Waals surface area contributed by atoms with Gasteiger partial charge in [0.25, 0.3) is 5.56 Å². The van der Waals surface area contributed by atoms with Crippen LogP contribution in [-0.4, -0.2) is 135 Å². The van der Waals surface area contributed by atoms with Crippen LogP contribution in [0.4, 0.5) is 11.8 Å². The molecule has 2 bridgehead atoms. The number of hydrogen-bond donors (Lipinski definition) is 6. The maximum atomic E-state index is 14.9. The molecule has 4 aromatic heterocycles. The van der Waals surface area contributed by atoms with Crippen molar-refractivity contribution in [2.75, 3.05) is 51.0 Å². The summed E-state index contributed by atoms with van der Waals surface area (Å²) >= 11 is 0. The Kier molecular flexibility index (Phi) is 8.50. The number of fused-ring (bicyclic) bond motifs is 5. The number of aromatic nitrogens is 8. The second-order valence-electron chi connectivity index (χ2n) is 11.7. The minimum atomic E-state index is -5.06. The normalized spacial score (nSPS) is 37.3. The summed E-state index contributed by atoms with van der Waals surface area (Å²) in [5.74, 6) is -0.179. The molecule has 24 nitrogen and oxygen atoms in total. The lowest BCUT2D eigenvalue weighted by Crippen LogP contribution is -2.41. The number of morpholine rings is 1. The molecule has 0 aliphatic carbocycles. The second kappa shape index (κ2) is 12.6. The number of aromatic amines is 1. The molecule has 8 N–H and O–H groups in total. The molecule has 4 aliphatic heterocycles. The number of nitrogens with zero attached hydrogens (tertiary/aromatic N) is 8. The minimum absolute atomic E-state index is 0.0562. The number of anilines is 2. The summed E-state index contributed by atoms with van der Waals surface area (Å²) in [5.41, 5.74) is 11.2. The predicted molar refractivity (Wildman–Crippen MR) is 164 cm³/mol. The highest BCUT2D eigenvalue weighted by Gasteiger charge is 2.55. The van der Waals surface area contributed by atoms with Crippen LogP contribution >= 0.6 is 15.6 Å². The SMILES string of the molecule is Nc1nc2c(ncn2[C@@H]2O[C@@H]3COP(=O)(O)O[C@@H]4[C@H](O)[C@H](n5cnc6c(N)ncnc65)O[C@@H]4COP(=O)(N4CCOCC4)O[C@H]2[C@H]3O)c(=O)[nH]1. The molecule has 4 saturated heterocycles. The molecular weight excluding hydrogens is 712 g/mol. The quantitative estimate of drug-likeness (QED) is 0.124. The summed E-state index contributed by atoms with van der Waals surface area (Å²) in [6.07, 6.45) is -8.26. The summed E-state index contributed by atoms with van der Waals surface area (Å²) in [6, 6.07) is 0. The smallest absolute Gasteiger partial charge is 0.387 e. The molecule has 50 heavy (non-hydrogen) atoms. The highest BCUT2D eigenvalue weighted by atomic mass is 31.2. The lowest BCUT2D eigenvalue weighted by Gasteiger charge is -2.36. The second-order valence-corrected chi connectivity index (χ2v) is 15.1. The fraction of sp³-hybridized carbons (Fsp3) is 0.583. The first-order valence-electron chi connectivity index (χ1n) is 15.2. The van der Waals surface area contributed by atoms with Crippen molar-refractivity contribution in [2.45, 2.75) is 49.1 Å². The number of H-pyrrole nitrogens is 1. The van der Waals surface area contributed by atoms with Gasteiger partial charge in [-0.25, -0.2) is 33.7 Å². The van der Waals surface area contributed by atoms with E-state index in [2.05, 4.69) is 29.9 Å². The molecule has 0 amide bonds. The number of phosphoric acid groups is 1. The van der Waals surface area contributed by atoms with Crippen molar-refractivity contribution in [1.82, 2.24) is 43.7 Å². The van der Waals surface area contributed by atoms with Gasteiger partial charge in [0.1, 0.15) is 48.5 Å². The van der Waals surface area contributed by atoms with E-state index in [1.807, 2.05) is 0 Å². The van der Waals surface area contributed by atoms with Gasteiger partial charge in [-0.3, -0.25) is 37.0 Å². The number of rotatable bonds is 3. The Morgan fingerprint density at radius 2 is 1.54 bits per heavy atom. The molecule has 26 heteroatoms. The Balaban J connectivity index is 1.17. The van der Waals surface area contributed by atoms with Crippen LogP contribution in [0.25, 0.3) is 22.3 Å². The van der Waals surface area contributed by atoms with Crippen LogP contribution in [0.5, 0.6) is 0 Å². The average molecular weight is 744 g/mol. The number of nitrogens with two attached hydrogens (primary N) is 2. The average Bonchev–Trinajstić information content (AvgIpc) is 3.85. The first-order valence-corrected chi connectivity index (χ1v) is 18.2. The van der Waals surface area contributed by atoms with Gasteiger partial charge in [-0.05, 0) is 0 Å². The first-order chi connectivity index (χ1) is 23.9. The van der Waals surface area contributed by atoms with E-state index in [1.54, 1.807) is 0 Å². The molecule has 270 valence electrons. The third-order valence-electron chi connectivity index (χ3n) is 8.66. The number of aliphatic hydroxyl groups is 2. The van der Waals surface area contributed by atoms with Gasteiger partial charge in [0.15, 0.2) is 35.1 Å². The van der Waals surface area contributed by atoms with Crippen molar-refractivity contribution >= 4 is 49.7 Å². The van der Waals surface area contributed by atoms with Gasteiger partial charge in [-0.1, -0.05) is 0 Å². The molecule has 10 atom stereocenters. The van der Waals surface area contributed by atoms with E-state index < -0.39 is 83.4 Å². The molecule has 4 fully saturated rings. The molecule has 2 unspecified atom stereocenters. The standard InChI is InChI=1S/C24H31N11O13P2/c25-18-12-19(28-7-27-18)34(8-29-12)22-15(37)16-11(46-22)6-43-49(39,33-1-3-42-4-2-33)47-17-14(36)10(5-44-50(40,41)48-16)45-23(17)35-9-30-13-20(35)31-24(26)32-21(13)38/h7-11,14-17,22-23,36-37H,1-6H2,(H,40,41)(H2,25,27,28)(H3,26,31,32,38)/t10-,11-,14+,15+,16+,17+,22-,23-,49?/m1/s1. The van der Waals surface area contributed by atoms with Crippen LogP contribution < -0.4 is 17.0 Å². The molecule has 8 heterocycles. The van der Waals surface area contributed by atoms with Gasteiger partial charge in [-0.2, -0.15) is 4.98 Å². The van der Waals surface area contributed by atoms with Crippen molar-refractivity contribution < 1.29 is 56.5 Å². The summed E-state index contributed by atoms with van der Waals surface area (Å²) in [7, 11) is -9.52. The number of nitrogens with one attached hydrogen (secondary N) is 1. The van der Waals surface area contributed by atoms with E-state index in [1.165, 1.54) is 32.8 Å². The Bertz CT molecular complexity index is 2070. The monoisotopic (exact) mass is 743 g/mol. The number of ether oxygens (including phenoxy) is 3. The summed E-state index contributed by atoms with van der Waals surface area (Å²) < 4.78 is 72.6. The third-order valence-corrected chi connectivity index (χ3v) is 11.7. The van der Waals surface area contributed by atoms with Crippen LogP contribution in [-0.2, 0) is 41.4 Å². The largest absolute Gasteiger partial charge is 0.472 e. The van der Waals surface area contributed by atoms with Crippen molar-refractivity contribution in [2.24, 2.45) is 0 Å². The van der Waals surface area contributed by atoms with E-state index in [-0.39, 0.29) is 60.4 Å². The number of phosphoric ester groups is 1. The zero-order valence-corrected chi connectivity index (χ0v) is 27.4. The van der Waals surface area contributed by atoms with Crippen molar-refractivity contribution in [1.29, 1.82) is 0 Å². The number of hydrogen-bond acceptors (Lipinski definition) is 19. The minimum Gasteiger partial charge on any atom is -0.387 e.